The Morgan fingerprint density at radius 1 is 1.29 bits per heavy atom. The van der Waals surface area contributed by atoms with Gasteiger partial charge in [-0.05, 0) is 38.5 Å². The van der Waals surface area contributed by atoms with Crippen LogP contribution in [0.5, 0.6) is 0 Å². The van der Waals surface area contributed by atoms with Crippen LogP contribution in [-0.4, -0.2) is 27.9 Å². The molecule has 0 fully saturated rings. The van der Waals surface area contributed by atoms with Crippen LogP contribution >= 0.6 is 0 Å². The number of nitrogens with one attached hydrogen (secondary N) is 1. The standard InChI is InChI=1S/C14H18FNO5/c1-14(2,3)21-13(20)16-6-8-4-9(7-17)10(12(18)19)5-11(8)15/h4-5,17H,6-7H2,1-3H3,(H,16,20)(H,18,19). The molecule has 0 atom stereocenters. The van der Waals surface area contributed by atoms with Gasteiger partial charge >= 0.3 is 12.1 Å². The van der Waals surface area contributed by atoms with Crippen LogP contribution in [0.15, 0.2) is 12.1 Å². The third-order valence-corrected chi connectivity index (χ3v) is 2.50. The van der Waals surface area contributed by atoms with E-state index in [9.17, 15) is 14.0 Å². The molecule has 0 saturated carbocycles. The maximum absolute atomic E-state index is 13.8. The maximum Gasteiger partial charge on any atom is 0.407 e. The van der Waals surface area contributed by atoms with Crippen molar-refractivity contribution in [3.63, 3.8) is 0 Å². The van der Waals surface area contributed by atoms with E-state index < -0.39 is 30.1 Å². The molecule has 0 aliphatic heterocycles. The molecule has 0 aliphatic carbocycles. The summed E-state index contributed by atoms with van der Waals surface area (Å²) in [5, 5.41) is 20.4. The number of aliphatic hydroxyl groups excluding tert-OH is 1. The second-order valence-electron chi connectivity index (χ2n) is 5.42. The van der Waals surface area contributed by atoms with Gasteiger partial charge in [-0.25, -0.2) is 14.0 Å². The number of alkyl carbamates (subject to hydrolysis) is 1. The Bertz CT molecular complexity index is 551. The summed E-state index contributed by atoms with van der Waals surface area (Å²) < 4.78 is 18.8. The molecule has 0 heterocycles. The zero-order valence-electron chi connectivity index (χ0n) is 12.1. The first-order chi connectivity index (χ1) is 9.64. The lowest BCUT2D eigenvalue weighted by Crippen LogP contribution is -2.32. The minimum Gasteiger partial charge on any atom is -0.478 e. The minimum atomic E-state index is -1.33. The quantitative estimate of drug-likeness (QED) is 0.790. The Morgan fingerprint density at radius 2 is 1.90 bits per heavy atom. The molecule has 21 heavy (non-hydrogen) atoms. The number of aliphatic hydroxyl groups is 1. The fourth-order valence-electron chi connectivity index (χ4n) is 1.62. The molecule has 0 bridgehead atoms. The molecule has 0 aromatic heterocycles. The fraction of sp³-hybridized carbons (Fsp3) is 0.429. The van der Waals surface area contributed by atoms with E-state index >= 15 is 0 Å². The lowest BCUT2D eigenvalue weighted by molar-refractivity contribution is 0.0522. The number of benzene rings is 1. The molecule has 0 aliphatic rings. The SMILES string of the molecule is CC(C)(C)OC(=O)NCc1cc(CO)c(C(=O)O)cc1F. The summed E-state index contributed by atoms with van der Waals surface area (Å²) in [7, 11) is 0. The van der Waals surface area contributed by atoms with E-state index in [1.165, 1.54) is 6.07 Å². The van der Waals surface area contributed by atoms with Gasteiger partial charge in [0.2, 0.25) is 0 Å². The molecular weight excluding hydrogens is 281 g/mol. The lowest BCUT2D eigenvalue weighted by Gasteiger charge is -2.19. The smallest absolute Gasteiger partial charge is 0.407 e. The molecule has 0 spiro atoms. The normalized spacial score (nSPS) is 11.1. The highest BCUT2D eigenvalue weighted by atomic mass is 19.1. The van der Waals surface area contributed by atoms with Gasteiger partial charge in [0.05, 0.1) is 12.2 Å². The Labute approximate surface area is 121 Å². The van der Waals surface area contributed by atoms with Gasteiger partial charge < -0.3 is 20.3 Å². The number of aromatic carboxylic acids is 1. The molecule has 1 aromatic rings. The van der Waals surface area contributed by atoms with Gasteiger partial charge in [0.1, 0.15) is 11.4 Å². The first-order valence-corrected chi connectivity index (χ1v) is 6.26. The Kier molecular flexibility index (Phi) is 5.26. The Morgan fingerprint density at radius 3 is 2.38 bits per heavy atom. The number of carboxylic acids is 1. The van der Waals surface area contributed by atoms with Gasteiger partial charge in [-0.2, -0.15) is 0 Å². The number of hydrogen-bond donors (Lipinski definition) is 3. The number of halogens is 1. The van der Waals surface area contributed by atoms with Gasteiger partial charge in [-0.15, -0.1) is 0 Å². The van der Waals surface area contributed by atoms with Crippen molar-refractivity contribution in [3.8, 4) is 0 Å². The number of amides is 1. The van der Waals surface area contributed by atoms with Crippen LogP contribution in [0, 0.1) is 5.82 Å². The van der Waals surface area contributed by atoms with Crippen molar-refractivity contribution in [1.82, 2.24) is 5.32 Å². The van der Waals surface area contributed by atoms with E-state index in [4.69, 9.17) is 14.9 Å². The largest absolute Gasteiger partial charge is 0.478 e. The summed E-state index contributed by atoms with van der Waals surface area (Å²) in [5.74, 6) is -2.11. The van der Waals surface area contributed by atoms with Crippen LogP contribution in [0.4, 0.5) is 9.18 Å². The van der Waals surface area contributed by atoms with Gasteiger partial charge in [0.25, 0.3) is 0 Å². The minimum absolute atomic E-state index is 0.0647. The van der Waals surface area contributed by atoms with E-state index in [2.05, 4.69) is 5.32 Å². The predicted molar refractivity (Wildman–Crippen MR) is 72.4 cm³/mol. The van der Waals surface area contributed by atoms with Crippen LogP contribution in [0.25, 0.3) is 0 Å². The molecule has 0 unspecified atom stereocenters. The molecule has 0 radical (unpaired) electrons. The number of ether oxygens (including phenoxy) is 1. The van der Waals surface area contributed by atoms with Crippen LogP contribution in [-0.2, 0) is 17.9 Å². The van der Waals surface area contributed by atoms with Crippen molar-refractivity contribution in [3.05, 3.63) is 34.6 Å². The first kappa shape index (κ1) is 16.9. The third-order valence-electron chi connectivity index (χ3n) is 2.50. The van der Waals surface area contributed by atoms with E-state index in [0.717, 1.165) is 6.07 Å². The van der Waals surface area contributed by atoms with Gasteiger partial charge in [-0.3, -0.25) is 0 Å². The predicted octanol–water partition coefficient (Wildman–Crippen LogP) is 2.04. The van der Waals surface area contributed by atoms with Gasteiger partial charge in [-0.1, -0.05) is 0 Å². The topological polar surface area (TPSA) is 95.9 Å². The van der Waals surface area contributed by atoms with Crippen molar-refractivity contribution in [2.75, 3.05) is 0 Å². The van der Waals surface area contributed by atoms with Gasteiger partial charge in [0.15, 0.2) is 0 Å². The molecule has 3 N–H and O–H groups in total. The molecule has 6 nitrogen and oxygen atoms in total. The summed E-state index contributed by atoms with van der Waals surface area (Å²) in [5.41, 5.74) is -0.845. The van der Waals surface area contributed by atoms with Crippen molar-refractivity contribution >= 4 is 12.1 Å². The number of hydrogen-bond acceptors (Lipinski definition) is 4. The van der Waals surface area contributed by atoms with Gasteiger partial charge in [0, 0.05) is 12.1 Å². The van der Waals surface area contributed by atoms with Crippen LogP contribution < -0.4 is 5.32 Å². The number of rotatable bonds is 4. The Hall–Kier alpha value is -2.15. The highest BCUT2D eigenvalue weighted by Crippen LogP contribution is 2.17. The summed E-state index contributed by atoms with van der Waals surface area (Å²) in [6.07, 6.45) is -0.713. The highest BCUT2D eigenvalue weighted by Gasteiger charge is 2.18. The highest BCUT2D eigenvalue weighted by molar-refractivity contribution is 5.89. The van der Waals surface area contributed by atoms with Crippen LogP contribution in [0.1, 0.15) is 42.3 Å². The average molecular weight is 299 g/mol. The molecule has 116 valence electrons. The summed E-state index contributed by atoms with van der Waals surface area (Å²) >= 11 is 0. The third kappa shape index (κ3) is 5.03. The van der Waals surface area contributed by atoms with E-state index in [0.29, 0.717) is 0 Å². The number of carboxylic acid groups (broad SMARTS) is 1. The lowest BCUT2D eigenvalue weighted by atomic mass is 10.0. The number of carbonyl (C=O) groups is 2. The zero-order chi connectivity index (χ0) is 16.2. The van der Waals surface area contributed by atoms with Crippen molar-refractivity contribution in [2.24, 2.45) is 0 Å². The fourth-order valence-corrected chi connectivity index (χ4v) is 1.62. The van der Waals surface area contributed by atoms with E-state index in [1.54, 1.807) is 20.8 Å². The molecule has 0 saturated heterocycles. The molecule has 1 aromatic carbocycles. The van der Waals surface area contributed by atoms with Crippen LogP contribution in [0.3, 0.4) is 0 Å². The second kappa shape index (κ2) is 6.53. The van der Waals surface area contributed by atoms with E-state index in [1.807, 2.05) is 0 Å². The monoisotopic (exact) mass is 299 g/mol. The average Bonchev–Trinajstić information content (AvgIpc) is 2.34. The number of carbonyl (C=O) groups excluding carboxylic acids is 1. The second-order valence-corrected chi connectivity index (χ2v) is 5.42. The zero-order valence-corrected chi connectivity index (χ0v) is 12.1. The van der Waals surface area contributed by atoms with Crippen molar-refractivity contribution < 1.29 is 28.9 Å². The molecule has 1 rings (SSSR count). The first-order valence-electron chi connectivity index (χ1n) is 6.26. The summed E-state index contributed by atoms with van der Waals surface area (Å²) in [6, 6.07) is 2.02. The maximum atomic E-state index is 13.8. The van der Waals surface area contributed by atoms with Crippen molar-refractivity contribution in [2.45, 2.75) is 39.5 Å². The van der Waals surface area contributed by atoms with E-state index in [-0.39, 0.29) is 23.2 Å². The van der Waals surface area contributed by atoms with Crippen LogP contribution in [0.2, 0.25) is 0 Å². The Balaban J connectivity index is 2.85. The molecular formula is C14H18FNO5. The van der Waals surface area contributed by atoms with Crippen molar-refractivity contribution in [1.29, 1.82) is 0 Å². The molecule has 7 heteroatoms. The summed E-state index contributed by atoms with van der Waals surface area (Å²) in [6.45, 7) is 4.37. The summed E-state index contributed by atoms with van der Waals surface area (Å²) in [4.78, 5) is 22.4. The molecule has 1 amide bonds.